The van der Waals surface area contributed by atoms with Crippen LogP contribution in [-0.2, 0) is 4.79 Å². The van der Waals surface area contributed by atoms with E-state index >= 15 is 0 Å². The molecule has 0 atom stereocenters. The fraction of sp³-hybridized carbons (Fsp3) is 0.333. The number of nitrogens with one attached hydrogen (secondary N) is 1. The average molecular weight is 340 g/mol. The zero-order chi connectivity index (χ0) is 17.5. The van der Waals surface area contributed by atoms with Crippen molar-refractivity contribution in [3.63, 3.8) is 0 Å². The number of likely N-dealkylation sites (tertiary alicyclic amines) is 1. The van der Waals surface area contributed by atoms with Crippen LogP contribution in [0.2, 0.25) is 0 Å². The Morgan fingerprint density at radius 2 is 2.16 bits per heavy atom. The van der Waals surface area contributed by atoms with Crippen LogP contribution in [0.1, 0.15) is 29.1 Å². The summed E-state index contributed by atoms with van der Waals surface area (Å²) in [6, 6.07) is 3.58. The van der Waals surface area contributed by atoms with E-state index in [1.807, 2.05) is 4.90 Å². The van der Waals surface area contributed by atoms with E-state index in [2.05, 4.69) is 15.3 Å². The Kier molecular flexibility index (Phi) is 5.56. The molecule has 25 heavy (non-hydrogen) atoms. The summed E-state index contributed by atoms with van der Waals surface area (Å²) in [7, 11) is 0. The number of carbonyl (C=O) groups is 2. The molecule has 1 aliphatic heterocycles. The first-order valence-corrected chi connectivity index (χ1v) is 8.27. The lowest BCUT2D eigenvalue weighted by atomic mass is 9.96. The highest BCUT2D eigenvalue weighted by Crippen LogP contribution is 2.17. The molecule has 0 radical (unpaired) electrons. The Balaban J connectivity index is 1.41. The fourth-order valence-electron chi connectivity index (χ4n) is 2.75. The maximum Gasteiger partial charge on any atom is 0.271 e. The summed E-state index contributed by atoms with van der Waals surface area (Å²) >= 11 is 0. The summed E-state index contributed by atoms with van der Waals surface area (Å²) in [6.07, 6.45) is 11.0. The van der Waals surface area contributed by atoms with Gasteiger partial charge >= 0.3 is 0 Å². The number of hydrogen-bond acceptors (Lipinski definition) is 5. The van der Waals surface area contributed by atoms with E-state index in [-0.39, 0.29) is 11.8 Å². The quantitative estimate of drug-likeness (QED) is 0.838. The van der Waals surface area contributed by atoms with Crippen LogP contribution in [0.25, 0.3) is 6.08 Å². The van der Waals surface area contributed by atoms with Crippen molar-refractivity contribution >= 4 is 17.9 Å². The molecule has 2 aromatic rings. The number of carbonyl (C=O) groups excluding carboxylic acids is 2. The number of nitrogens with zero attached hydrogens (tertiary/aromatic N) is 3. The van der Waals surface area contributed by atoms with Gasteiger partial charge in [-0.3, -0.25) is 14.6 Å². The topological polar surface area (TPSA) is 88.3 Å². The summed E-state index contributed by atoms with van der Waals surface area (Å²) in [4.78, 5) is 33.8. The highest BCUT2D eigenvalue weighted by Gasteiger charge is 2.22. The van der Waals surface area contributed by atoms with Crippen LogP contribution >= 0.6 is 0 Å². The van der Waals surface area contributed by atoms with Crippen molar-refractivity contribution in [2.45, 2.75) is 12.8 Å². The van der Waals surface area contributed by atoms with E-state index in [0.29, 0.717) is 37.0 Å². The molecule has 1 fully saturated rings. The van der Waals surface area contributed by atoms with Gasteiger partial charge in [-0.05, 0) is 37.0 Å². The Morgan fingerprint density at radius 3 is 2.84 bits per heavy atom. The molecular formula is C18H20N4O3. The SMILES string of the molecule is O=C(NCC1CCN(C(=O)/C=C/c2ccco2)CC1)c1cnccn1. The second-order valence-corrected chi connectivity index (χ2v) is 5.92. The molecule has 1 saturated heterocycles. The predicted molar refractivity (Wildman–Crippen MR) is 91.4 cm³/mol. The highest BCUT2D eigenvalue weighted by molar-refractivity contribution is 5.92. The summed E-state index contributed by atoms with van der Waals surface area (Å²) in [6.45, 7) is 1.96. The van der Waals surface area contributed by atoms with Gasteiger partial charge in [-0.1, -0.05) is 0 Å². The minimum absolute atomic E-state index is 0.0153. The first kappa shape index (κ1) is 16.9. The van der Waals surface area contributed by atoms with Crippen molar-refractivity contribution in [2.24, 2.45) is 5.92 Å². The standard InChI is InChI=1S/C18H20N4O3/c23-17(4-3-15-2-1-11-25-15)22-9-5-14(6-10-22)12-21-18(24)16-13-19-7-8-20-16/h1-4,7-8,11,13-14H,5-6,9-10,12H2,(H,21,24)/b4-3+. The van der Waals surface area contributed by atoms with Gasteiger partial charge in [0.2, 0.25) is 5.91 Å². The van der Waals surface area contributed by atoms with Gasteiger partial charge in [-0.25, -0.2) is 4.98 Å². The van der Waals surface area contributed by atoms with Gasteiger partial charge < -0.3 is 14.6 Å². The van der Waals surface area contributed by atoms with Gasteiger partial charge in [-0.15, -0.1) is 0 Å². The van der Waals surface area contributed by atoms with Gasteiger partial charge in [-0.2, -0.15) is 0 Å². The lowest BCUT2D eigenvalue weighted by Gasteiger charge is -2.31. The van der Waals surface area contributed by atoms with Crippen molar-refractivity contribution in [2.75, 3.05) is 19.6 Å². The number of hydrogen-bond donors (Lipinski definition) is 1. The van der Waals surface area contributed by atoms with Crippen LogP contribution in [0.4, 0.5) is 0 Å². The third kappa shape index (κ3) is 4.76. The average Bonchev–Trinajstić information content (AvgIpc) is 3.19. The number of amides is 2. The maximum atomic E-state index is 12.2. The summed E-state index contributed by atoms with van der Waals surface area (Å²) in [5, 5.41) is 2.89. The molecule has 7 nitrogen and oxygen atoms in total. The molecule has 0 bridgehead atoms. The lowest BCUT2D eigenvalue weighted by Crippen LogP contribution is -2.41. The van der Waals surface area contributed by atoms with Gasteiger partial charge in [0.25, 0.3) is 5.91 Å². The second-order valence-electron chi connectivity index (χ2n) is 5.92. The van der Waals surface area contributed by atoms with Crippen LogP contribution < -0.4 is 5.32 Å². The Labute approximate surface area is 145 Å². The van der Waals surface area contributed by atoms with Crippen LogP contribution in [-0.4, -0.2) is 46.3 Å². The van der Waals surface area contributed by atoms with Crippen LogP contribution in [0.15, 0.2) is 47.5 Å². The smallest absolute Gasteiger partial charge is 0.271 e. The third-order valence-corrected chi connectivity index (χ3v) is 4.21. The number of aromatic nitrogens is 2. The zero-order valence-electron chi connectivity index (χ0n) is 13.8. The maximum absolute atomic E-state index is 12.2. The number of piperidine rings is 1. The van der Waals surface area contributed by atoms with Crippen LogP contribution in [0, 0.1) is 5.92 Å². The summed E-state index contributed by atoms with van der Waals surface area (Å²) < 4.78 is 5.17. The number of furan rings is 1. The lowest BCUT2D eigenvalue weighted by molar-refractivity contribution is -0.127. The predicted octanol–water partition coefficient (Wildman–Crippen LogP) is 1.75. The third-order valence-electron chi connectivity index (χ3n) is 4.21. The minimum Gasteiger partial charge on any atom is -0.465 e. The molecule has 0 aromatic carbocycles. The molecule has 7 heteroatoms. The first-order valence-electron chi connectivity index (χ1n) is 8.27. The molecule has 3 rings (SSSR count). The highest BCUT2D eigenvalue weighted by atomic mass is 16.3. The van der Waals surface area contributed by atoms with Crippen LogP contribution in [0.5, 0.6) is 0 Å². The van der Waals surface area contributed by atoms with E-state index in [9.17, 15) is 9.59 Å². The molecule has 0 unspecified atom stereocenters. The van der Waals surface area contributed by atoms with E-state index in [0.717, 1.165) is 12.8 Å². The molecule has 130 valence electrons. The molecule has 1 N–H and O–H groups in total. The first-order chi connectivity index (χ1) is 12.2. The second kappa shape index (κ2) is 8.23. The molecule has 1 aliphatic rings. The van der Waals surface area contributed by atoms with Crippen LogP contribution in [0.3, 0.4) is 0 Å². The zero-order valence-corrected chi connectivity index (χ0v) is 13.8. The molecule has 0 spiro atoms. The molecule has 0 saturated carbocycles. The van der Waals surface area contributed by atoms with Crippen molar-refractivity contribution < 1.29 is 14.0 Å². The molecule has 3 heterocycles. The normalized spacial score (nSPS) is 15.4. The Bertz CT molecular complexity index is 720. The monoisotopic (exact) mass is 340 g/mol. The molecule has 0 aliphatic carbocycles. The van der Waals surface area contributed by atoms with E-state index in [4.69, 9.17) is 4.42 Å². The summed E-state index contributed by atoms with van der Waals surface area (Å²) in [5.41, 5.74) is 0.318. The molecule has 2 aromatic heterocycles. The largest absolute Gasteiger partial charge is 0.465 e. The minimum atomic E-state index is -0.215. The van der Waals surface area contributed by atoms with Crippen molar-refractivity contribution in [3.05, 3.63) is 54.5 Å². The van der Waals surface area contributed by atoms with Crippen molar-refractivity contribution in [1.82, 2.24) is 20.2 Å². The number of rotatable bonds is 5. The van der Waals surface area contributed by atoms with Gasteiger partial charge in [0.05, 0.1) is 12.5 Å². The van der Waals surface area contributed by atoms with E-state index in [1.54, 1.807) is 24.5 Å². The summed E-state index contributed by atoms with van der Waals surface area (Å²) in [5.74, 6) is 0.792. The van der Waals surface area contributed by atoms with E-state index in [1.165, 1.54) is 24.7 Å². The van der Waals surface area contributed by atoms with E-state index < -0.39 is 0 Å². The van der Waals surface area contributed by atoms with Crippen molar-refractivity contribution in [1.29, 1.82) is 0 Å². The van der Waals surface area contributed by atoms with Gasteiger partial charge in [0, 0.05) is 38.1 Å². The van der Waals surface area contributed by atoms with Gasteiger partial charge in [0.15, 0.2) is 0 Å². The molecule has 2 amide bonds. The Hall–Kier alpha value is -2.96. The van der Waals surface area contributed by atoms with Crippen molar-refractivity contribution in [3.8, 4) is 0 Å². The molecular weight excluding hydrogens is 320 g/mol. The Morgan fingerprint density at radius 1 is 1.32 bits per heavy atom. The fourth-order valence-corrected chi connectivity index (χ4v) is 2.75. The van der Waals surface area contributed by atoms with Gasteiger partial charge in [0.1, 0.15) is 11.5 Å².